The molecule has 0 saturated carbocycles. The van der Waals surface area contributed by atoms with Crippen LogP contribution >= 0.6 is 0 Å². The molecular formula is C35H28N6O9. The van der Waals surface area contributed by atoms with Gasteiger partial charge in [-0.3, -0.25) is 57.9 Å². The molecule has 3 aromatic carbocycles. The molecule has 0 atom stereocenters. The Balaban J connectivity index is 1.02. The number of carbonyl (C=O) groups excluding carboxylic acids is 9. The number of likely N-dealkylation sites (tertiary alicyclic amines) is 2. The second-order valence-corrected chi connectivity index (χ2v) is 11.4. The molecule has 3 N–H and O–H groups in total. The Bertz CT molecular complexity index is 2040. The fourth-order valence-corrected chi connectivity index (χ4v) is 5.75. The van der Waals surface area contributed by atoms with E-state index < -0.39 is 66.0 Å². The third-order valence-electron chi connectivity index (χ3n) is 8.56. The molecule has 15 heteroatoms. The number of hydrogen-bond acceptors (Lipinski definition) is 9. The van der Waals surface area contributed by atoms with Crippen molar-refractivity contribution in [3.05, 3.63) is 106 Å². The summed E-state index contributed by atoms with van der Waals surface area (Å²) in [7, 11) is 1.39. The van der Waals surface area contributed by atoms with Crippen LogP contribution in [0, 0.1) is 5.41 Å². The summed E-state index contributed by atoms with van der Waals surface area (Å²) in [6.07, 6.45) is 3.65. The van der Waals surface area contributed by atoms with Gasteiger partial charge >= 0.3 is 0 Å². The molecule has 0 aliphatic carbocycles. The van der Waals surface area contributed by atoms with Crippen molar-refractivity contribution in [1.29, 1.82) is 0 Å². The SMILES string of the molecule is CCNC(=O)c1ccc(/C=C/c2ccc(C(=O)NCN3C(=O)C4(C3=O)C(=O)N(CN3C(=O)c5ccc(C(=O)NC)cc5C3=O)C4=O)cc2)cc1. The van der Waals surface area contributed by atoms with Crippen LogP contribution in [-0.2, 0) is 19.2 Å². The maximum absolute atomic E-state index is 13.0. The van der Waals surface area contributed by atoms with E-state index in [1.807, 2.05) is 19.1 Å². The van der Waals surface area contributed by atoms with E-state index in [0.29, 0.717) is 26.8 Å². The van der Waals surface area contributed by atoms with Gasteiger partial charge in [0.1, 0.15) is 13.3 Å². The van der Waals surface area contributed by atoms with Crippen molar-refractivity contribution < 1.29 is 43.2 Å². The highest BCUT2D eigenvalue weighted by atomic mass is 16.2. The molecular weight excluding hydrogens is 648 g/mol. The Hall–Kier alpha value is -6.77. The molecule has 0 bridgehead atoms. The van der Waals surface area contributed by atoms with Crippen molar-refractivity contribution in [3.63, 3.8) is 0 Å². The van der Waals surface area contributed by atoms with Crippen LogP contribution < -0.4 is 16.0 Å². The van der Waals surface area contributed by atoms with Gasteiger partial charge in [-0.1, -0.05) is 36.4 Å². The van der Waals surface area contributed by atoms with Gasteiger partial charge in [-0.25, -0.2) is 0 Å². The van der Waals surface area contributed by atoms with Gasteiger partial charge in [0.05, 0.1) is 11.1 Å². The van der Waals surface area contributed by atoms with Gasteiger partial charge in [0.2, 0.25) is 0 Å². The van der Waals surface area contributed by atoms with Crippen molar-refractivity contribution in [2.24, 2.45) is 5.41 Å². The number of imide groups is 3. The van der Waals surface area contributed by atoms with Gasteiger partial charge < -0.3 is 16.0 Å². The number of rotatable bonds is 10. The average Bonchev–Trinajstić information content (AvgIpc) is 3.37. The van der Waals surface area contributed by atoms with E-state index in [1.54, 1.807) is 36.4 Å². The van der Waals surface area contributed by atoms with Crippen LogP contribution in [0.5, 0.6) is 0 Å². The first kappa shape index (κ1) is 33.1. The van der Waals surface area contributed by atoms with Crippen molar-refractivity contribution in [1.82, 2.24) is 30.7 Å². The summed E-state index contributed by atoms with van der Waals surface area (Å²) in [4.78, 5) is 116. The fraction of sp³-hybridized carbons (Fsp3) is 0.171. The number of fused-ring (bicyclic) bond motifs is 1. The molecule has 0 aromatic heterocycles. The molecule has 15 nitrogen and oxygen atoms in total. The first-order chi connectivity index (χ1) is 23.9. The molecule has 0 radical (unpaired) electrons. The summed E-state index contributed by atoms with van der Waals surface area (Å²) in [5.74, 6) is -7.61. The van der Waals surface area contributed by atoms with Crippen molar-refractivity contribution in [2.45, 2.75) is 6.92 Å². The molecule has 50 heavy (non-hydrogen) atoms. The third-order valence-corrected chi connectivity index (χ3v) is 8.56. The summed E-state index contributed by atoms with van der Waals surface area (Å²) >= 11 is 0. The topological polar surface area (TPSA) is 199 Å². The molecule has 3 aliphatic heterocycles. The maximum Gasteiger partial charge on any atom is 0.285 e. The number of nitrogens with zero attached hydrogens (tertiary/aromatic N) is 3. The Morgan fingerprint density at radius 3 is 1.60 bits per heavy atom. The largest absolute Gasteiger partial charge is 0.355 e. The number of hydrogen-bond donors (Lipinski definition) is 3. The lowest BCUT2D eigenvalue weighted by Gasteiger charge is -2.52. The van der Waals surface area contributed by atoms with E-state index in [-0.39, 0.29) is 28.2 Å². The Morgan fingerprint density at radius 1 is 0.600 bits per heavy atom. The minimum atomic E-state index is -2.62. The van der Waals surface area contributed by atoms with Crippen molar-refractivity contribution in [2.75, 3.05) is 26.9 Å². The second-order valence-electron chi connectivity index (χ2n) is 11.4. The highest BCUT2D eigenvalue weighted by molar-refractivity contribution is 6.52. The van der Waals surface area contributed by atoms with Crippen LogP contribution in [0.4, 0.5) is 0 Å². The second kappa shape index (κ2) is 12.7. The van der Waals surface area contributed by atoms with E-state index in [0.717, 1.165) is 11.1 Å². The van der Waals surface area contributed by atoms with Gasteiger partial charge in [0.15, 0.2) is 0 Å². The lowest BCUT2D eigenvalue weighted by molar-refractivity contribution is -0.200. The van der Waals surface area contributed by atoms with Crippen LogP contribution in [0.15, 0.2) is 66.7 Å². The standard InChI is InChI=1S/C35H28N6O9/c1-3-37-27(43)21-10-6-19(7-11-21)4-5-20-8-12-22(13-9-20)28(44)38-17-39-31(47)35(32(39)48)33(49)41(34(35)50)18-40-29(45)24-15-14-23(26(42)36-2)16-25(24)30(40)46/h4-16H,3,17-18H2,1-2H3,(H,36,42)(H,37,43)(H,38,44)/b5-4+. The summed E-state index contributed by atoms with van der Waals surface area (Å²) in [6.45, 7) is 0.943. The molecule has 3 heterocycles. The summed E-state index contributed by atoms with van der Waals surface area (Å²) in [6, 6.07) is 17.3. The number of amides is 9. The van der Waals surface area contributed by atoms with Crippen LogP contribution in [0.25, 0.3) is 12.2 Å². The van der Waals surface area contributed by atoms with E-state index in [4.69, 9.17) is 0 Å². The van der Waals surface area contributed by atoms with Crippen molar-refractivity contribution in [3.8, 4) is 0 Å². The zero-order chi connectivity index (χ0) is 35.9. The molecule has 0 unspecified atom stereocenters. The molecule has 6 rings (SSSR count). The van der Waals surface area contributed by atoms with E-state index in [1.165, 1.54) is 37.4 Å². The predicted octanol–water partition coefficient (Wildman–Crippen LogP) is 0.631. The fourth-order valence-electron chi connectivity index (χ4n) is 5.75. The van der Waals surface area contributed by atoms with Crippen LogP contribution in [0.1, 0.15) is 69.8 Å². The van der Waals surface area contributed by atoms with E-state index in [9.17, 15) is 43.2 Å². The Kier molecular flexibility index (Phi) is 8.41. The number of carbonyl (C=O) groups is 9. The molecule has 9 amide bonds. The molecule has 3 aromatic rings. The molecule has 1 spiro atoms. The van der Waals surface area contributed by atoms with Crippen LogP contribution in [0.2, 0.25) is 0 Å². The summed E-state index contributed by atoms with van der Waals surface area (Å²) in [5, 5.41) is 7.55. The normalized spacial score (nSPS) is 16.1. The van der Waals surface area contributed by atoms with Crippen molar-refractivity contribution >= 4 is 65.3 Å². The Labute approximate surface area is 283 Å². The maximum atomic E-state index is 13.0. The molecule has 2 fully saturated rings. The van der Waals surface area contributed by atoms with Gasteiger partial charge in [-0.2, -0.15) is 0 Å². The van der Waals surface area contributed by atoms with Gasteiger partial charge in [-0.05, 0) is 60.5 Å². The molecule has 3 aliphatic rings. The van der Waals surface area contributed by atoms with E-state index in [2.05, 4.69) is 16.0 Å². The summed E-state index contributed by atoms with van der Waals surface area (Å²) in [5.41, 5.74) is -0.256. The lowest BCUT2D eigenvalue weighted by atomic mass is 9.69. The smallest absolute Gasteiger partial charge is 0.285 e. The molecule has 252 valence electrons. The van der Waals surface area contributed by atoms with E-state index >= 15 is 0 Å². The lowest BCUT2D eigenvalue weighted by Crippen LogP contribution is -2.85. The number of nitrogens with one attached hydrogen (secondary N) is 3. The average molecular weight is 677 g/mol. The third kappa shape index (κ3) is 5.20. The predicted molar refractivity (Wildman–Crippen MR) is 173 cm³/mol. The quantitative estimate of drug-likeness (QED) is 0.119. The number of benzene rings is 3. The van der Waals surface area contributed by atoms with Crippen LogP contribution in [0.3, 0.4) is 0 Å². The Morgan fingerprint density at radius 2 is 1.08 bits per heavy atom. The first-order valence-corrected chi connectivity index (χ1v) is 15.3. The minimum Gasteiger partial charge on any atom is -0.355 e. The van der Waals surface area contributed by atoms with Gasteiger partial charge in [-0.15, -0.1) is 0 Å². The monoisotopic (exact) mass is 676 g/mol. The van der Waals surface area contributed by atoms with Crippen LogP contribution in [-0.4, -0.2) is 94.8 Å². The zero-order valence-electron chi connectivity index (χ0n) is 26.6. The number of β-lactam (4-membered cyclic amide) rings is 4. The highest BCUT2D eigenvalue weighted by Gasteiger charge is 2.80. The van der Waals surface area contributed by atoms with Gasteiger partial charge in [0.25, 0.3) is 58.6 Å². The highest BCUT2D eigenvalue weighted by Crippen LogP contribution is 2.45. The van der Waals surface area contributed by atoms with Gasteiger partial charge in [0, 0.05) is 30.3 Å². The zero-order valence-corrected chi connectivity index (χ0v) is 26.6. The summed E-state index contributed by atoms with van der Waals surface area (Å²) < 4.78 is 0. The first-order valence-electron chi connectivity index (χ1n) is 15.3. The minimum absolute atomic E-state index is 0.0391. The molecule has 2 saturated heterocycles.